The van der Waals surface area contributed by atoms with Crippen LogP contribution in [0.4, 0.5) is 0 Å². The molecule has 4 heteroatoms. The number of aliphatic carboxylic acids is 1. The predicted octanol–water partition coefficient (Wildman–Crippen LogP) is -0.939. The minimum absolute atomic E-state index is 0. The van der Waals surface area contributed by atoms with Crippen LogP contribution in [0, 0.1) is 0 Å². The molecule has 0 saturated carbocycles. The third-order valence-electron chi connectivity index (χ3n) is 0.135. The van der Waals surface area contributed by atoms with Gasteiger partial charge in [-0.3, -0.25) is 0 Å². The zero-order valence-corrected chi connectivity index (χ0v) is 3.81. The number of aliphatic hydroxyl groups is 1. The number of carboxylic acid groups (broad SMARTS) is 1. The standard InChI is InChI=1S/C2H4O3.Ni/c3-1-2(4)5;/h3H,1H2,(H,4,5);. The van der Waals surface area contributed by atoms with Gasteiger partial charge >= 0.3 is 5.97 Å². The molecule has 6 heavy (non-hydrogen) atoms. The van der Waals surface area contributed by atoms with E-state index < -0.39 is 12.6 Å². The Bertz CT molecular complexity index is 44.1. The molecule has 0 rings (SSSR count). The van der Waals surface area contributed by atoms with Crippen molar-refractivity contribution in [3.05, 3.63) is 0 Å². The summed E-state index contributed by atoms with van der Waals surface area (Å²) in [6.45, 7) is -0.778. The van der Waals surface area contributed by atoms with E-state index in [0.29, 0.717) is 0 Å². The van der Waals surface area contributed by atoms with E-state index in [1.165, 1.54) is 0 Å². The second kappa shape index (κ2) is 4.92. The van der Waals surface area contributed by atoms with Crippen LogP contribution in [0.5, 0.6) is 0 Å². The van der Waals surface area contributed by atoms with Gasteiger partial charge in [0.05, 0.1) is 0 Å². The van der Waals surface area contributed by atoms with Gasteiger partial charge in [0.2, 0.25) is 0 Å². The van der Waals surface area contributed by atoms with Crippen molar-refractivity contribution in [3.8, 4) is 0 Å². The fraction of sp³-hybridized carbons (Fsp3) is 0.500. The molecule has 0 heterocycles. The molecule has 0 aliphatic carbocycles. The molecule has 0 fully saturated rings. The van der Waals surface area contributed by atoms with Crippen LogP contribution in [0.1, 0.15) is 0 Å². The van der Waals surface area contributed by atoms with Crippen molar-refractivity contribution in [2.24, 2.45) is 0 Å². The number of aliphatic hydroxyl groups excluding tert-OH is 1. The Kier molecular flexibility index (Phi) is 7.65. The van der Waals surface area contributed by atoms with Gasteiger partial charge in [0.1, 0.15) is 6.61 Å². The summed E-state index contributed by atoms with van der Waals surface area (Å²) in [6, 6.07) is 0. The third kappa shape index (κ3) is 9.06. The Morgan fingerprint density at radius 3 is 1.83 bits per heavy atom. The Balaban J connectivity index is 0. The monoisotopic (exact) mass is 134 g/mol. The molecule has 0 bridgehead atoms. The fourth-order valence-corrected chi connectivity index (χ4v) is 0. The molecule has 0 saturated heterocycles. The summed E-state index contributed by atoms with van der Waals surface area (Å²) in [5.41, 5.74) is 0. The smallest absolute Gasteiger partial charge is 0.329 e. The summed E-state index contributed by atoms with van der Waals surface area (Å²) in [4.78, 5) is 9.12. The molecule has 0 aromatic carbocycles. The average Bonchev–Trinajstić information content (AvgIpc) is 1.38. The summed E-state index contributed by atoms with van der Waals surface area (Å²) < 4.78 is 0. The van der Waals surface area contributed by atoms with Gasteiger partial charge in [-0.25, -0.2) is 4.79 Å². The Labute approximate surface area is 44.9 Å². The van der Waals surface area contributed by atoms with Crippen LogP contribution in [0.15, 0.2) is 0 Å². The molecule has 3 nitrogen and oxygen atoms in total. The van der Waals surface area contributed by atoms with Gasteiger partial charge in [0.15, 0.2) is 0 Å². The topological polar surface area (TPSA) is 57.5 Å². The fourth-order valence-electron chi connectivity index (χ4n) is 0. The molecule has 2 N–H and O–H groups in total. The maximum Gasteiger partial charge on any atom is 0.329 e. The largest absolute Gasteiger partial charge is 0.480 e. The summed E-state index contributed by atoms with van der Waals surface area (Å²) in [7, 11) is 0. The zero-order valence-electron chi connectivity index (χ0n) is 2.83. The van der Waals surface area contributed by atoms with E-state index >= 15 is 0 Å². The van der Waals surface area contributed by atoms with Crippen molar-refractivity contribution in [1.82, 2.24) is 0 Å². The van der Waals surface area contributed by atoms with Crippen molar-refractivity contribution in [3.63, 3.8) is 0 Å². The van der Waals surface area contributed by atoms with E-state index in [0.717, 1.165) is 0 Å². The van der Waals surface area contributed by atoms with E-state index in [9.17, 15) is 0 Å². The van der Waals surface area contributed by atoms with E-state index in [1.807, 2.05) is 0 Å². The van der Waals surface area contributed by atoms with Crippen LogP contribution >= 0.6 is 0 Å². The Morgan fingerprint density at radius 2 is 1.83 bits per heavy atom. The number of carbonyl (C=O) groups is 1. The third-order valence-corrected chi connectivity index (χ3v) is 0.135. The summed E-state index contributed by atoms with van der Waals surface area (Å²) in [6.07, 6.45) is 0. The van der Waals surface area contributed by atoms with E-state index in [2.05, 4.69) is 0 Å². The first-order valence-electron chi connectivity index (χ1n) is 1.10. The molecule has 0 spiro atoms. The molecule has 0 aromatic rings. The molecule has 40 valence electrons. The van der Waals surface area contributed by atoms with Gasteiger partial charge in [-0.15, -0.1) is 0 Å². The van der Waals surface area contributed by atoms with Gasteiger partial charge < -0.3 is 10.2 Å². The van der Waals surface area contributed by atoms with Gasteiger partial charge in [0.25, 0.3) is 0 Å². The van der Waals surface area contributed by atoms with Crippen LogP contribution in [0.3, 0.4) is 0 Å². The maximum atomic E-state index is 9.12. The Hall–Kier alpha value is -0.0765. The van der Waals surface area contributed by atoms with E-state index in [1.54, 1.807) is 0 Å². The molecular formula is C2H4NiO3. The molecule has 0 unspecified atom stereocenters. The second-order valence-electron chi connectivity index (χ2n) is 0.552. The van der Waals surface area contributed by atoms with E-state index in [4.69, 9.17) is 15.0 Å². The Morgan fingerprint density at radius 1 is 1.67 bits per heavy atom. The maximum absolute atomic E-state index is 9.12. The molecule has 0 amide bonds. The number of carboxylic acids is 1. The molecule has 0 aromatic heterocycles. The number of hydrogen-bond donors (Lipinski definition) is 2. The summed E-state index contributed by atoms with van der Waals surface area (Å²) >= 11 is 0. The quantitative estimate of drug-likeness (QED) is 0.456. The minimum Gasteiger partial charge on any atom is -0.480 e. The van der Waals surface area contributed by atoms with Crippen molar-refractivity contribution in [2.75, 3.05) is 6.61 Å². The number of hydrogen-bond acceptors (Lipinski definition) is 2. The normalized spacial score (nSPS) is 6.17. The molecule has 0 atom stereocenters. The summed E-state index contributed by atoms with van der Waals surface area (Å²) in [5, 5.41) is 15.0. The predicted molar refractivity (Wildman–Crippen MR) is 14.7 cm³/mol. The zero-order chi connectivity index (χ0) is 4.28. The summed E-state index contributed by atoms with van der Waals surface area (Å²) in [5.74, 6) is -1.19. The van der Waals surface area contributed by atoms with Crippen LogP contribution in [-0.4, -0.2) is 22.8 Å². The molecule has 0 aliphatic rings. The van der Waals surface area contributed by atoms with Crippen molar-refractivity contribution >= 4 is 5.97 Å². The van der Waals surface area contributed by atoms with Crippen LogP contribution in [0.2, 0.25) is 0 Å². The van der Waals surface area contributed by atoms with Crippen molar-refractivity contribution < 1.29 is 31.5 Å². The first-order chi connectivity index (χ1) is 2.27. The molecule has 0 aliphatic heterocycles. The van der Waals surface area contributed by atoms with Gasteiger partial charge in [0, 0.05) is 16.5 Å². The van der Waals surface area contributed by atoms with Crippen molar-refractivity contribution in [2.45, 2.75) is 0 Å². The number of rotatable bonds is 1. The van der Waals surface area contributed by atoms with Crippen molar-refractivity contribution in [1.29, 1.82) is 0 Å². The van der Waals surface area contributed by atoms with Gasteiger partial charge in [-0.1, -0.05) is 0 Å². The van der Waals surface area contributed by atoms with Crippen LogP contribution < -0.4 is 0 Å². The second-order valence-corrected chi connectivity index (χ2v) is 0.552. The van der Waals surface area contributed by atoms with E-state index in [-0.39, 0.29) is 16.5 Å². The van der Waals surface area contributed by atoms with Crippen LogP contribution in [0.25, 0.3) is 0 Å². The first kappa shape index (κ1) is 9.33. The first-order valence-corrected chi connectivity index (χ1v) is 1.10. The van der Waals surface area contributed by atoms with Gasteiger partial charge in [-0.05, 0) is 0 Å². The van der Waals surface area contributed by atoms with Crippen LogP contribution in [-0.2, 0) is 21.3 Å². The average molecular weight is 135 g/mol. The SMILES string of the molecule is O=C(O)CO.[Ni]. The minimum atomic E-state index is -1.19. The van der Waals surface area contributed by atoms with Gasteiger partial charge in [-0.2, -0.15) is 0 Å². The molecular weight excluding hydrogens is 131 g/mol. The molecule has 0 radical (unpaired) electrons.